The fraction of sp³-hybridized carbons (Fsp3) is 0.450. The molecule has 28 heavy (non-hydrogen) atoms. The number of rotatable bonds is 4. The van der Waals surface area contributed by atoms with Crippen LogP contribution in [0.3, 0.4) is 0 Å². The Balaban J connectivity index is 2.16. The van der Waals surface area contributed by atoms with E-state index < -0.39 is 23.5 Å². The fourth-order valence-corrected chi connectivity index (χ4v) is 3.57. The third-order valence-electron chi connectivity index (χ3n) is 5.02. The molecular formula is C20H24N4O4. The molecule has 8 nitrogen and oxygen atoms in total. The molecule has 0 radical (unpaired) electrons. The average Bonchev–Trinajstić information content (AvgIpc) is 3.15. The van der Waals surface area contributed by atoms with Crippen molar-refractivity contribution in [3.8, 4) is 11.8 Å². The number of aliphatic hydroxyl groups is 2. The topological polar surface area (TPSA) is 144 Å². The van der Waals surface area contributed by atoms with Gasteiger partial charge in [-0.1, -0.05) is 24.7 Å². The molecule has 1 atom stereocenters. The number of nitrogens with two attached hydrogens (primary N) is 2. The number of aliphatic hydroxyl groups excluding tert-OH is 1. The minimum Gasteiger partial charge on any atom is -0.392 e. The summed E-state index contributed by atoms with van der Waals surface area (Å²) in [6.45, 7) is 0.941. The van der Waals surface area contributed by atoms with Crippen molar-refractivity contribution in [1.82, 2.24) is 9.55 Å². The Labute approximate surface area is 162 Å². The first-order chi connectivity index (χ1) is 13.2. The molecule has 0 saturated heterocycles. The van der Waals surface area contributed by atoms with Crippen LogP contribution in [0.1, 0.15) is 54.7 Å². The number of aromatic nitrogens is 2. The summed E-state index contributed by atoms with van der Waals surface area (Å²) in [6, 6.07) is 3.29. The predicted molar refractivity (Wildman–Crippen MR) is 106 cm³/mol. The molecule has 6 N–H and O–H groups in total. The number of carbonyl (C=O) groups excluding carboxylic acids is 1. The second kappa shape index (κ2) is 7.62. The Kier molecular flexibility index (Phi) is 5.40. The summed E-state index contributed by atoms with van der Waals surface area (Å²) in [5, 5.41) is 19.1. The molecule has 1 unspecified atom stereocenters. The molecule has 1 saturated carbocycles. The van der Waals surface area contributed by atoms with Gasteiger partial charge in [-0.3, -0.25) is 9.59 Å². The van der Waals surface area contributed by atoms with Gasteiger partial charge in [-0.15, -0.1) is 0 Å². The Hall–Kier alpha value is -2.89. The Morgan fingerprint density at radius 1 is 1.39 bits per heavy atom. The SMILES string of the molecule is CC(O)(C#CCc1ccc2c(=O)c(C(N)=O)c(N)n(C3CCCC3)c2n1)CO. The van der Waals surface area contributed by atoms with Crippen LogP contribution in [0.5, 0.6) is 0 Å². The number of pyridine rings is 2. The summed E-state index contributed by atoms with van der Waals surface area (Å²) in [5.74, 6) is 4.58. The number of hydrogen-bond donors (Lipinski definition) is 4. The highest BCUT2D eigenvalue weighted by Crippen LogP contribution is 2.34. The number of anilines is 1. The minimum absolute atomic E-state index is 0.0464. The lowest BCUT2D eigenvalue weighted by Crippen LogP contribution is -2.29. The maximum Gasteiger partial charge on any atom is 0.256 e. The van der Waals surface area contributed by atoms with Crippen molar-refractivity contribution in [2.75, 3.05) is 12.3 Å². The first-order valence-electron chi connectivity index (χ1n) is 9.22. The number of hydrogen-bond acceptors (Lipinski definition) is 6. The van der Waals surface area contributed by atoms with E-state index >= 15 is 0 Å². The molecule has 8 heteroatoms. The van der Waals surface area contributed by atoms with Crippen molar-refractivity contribution >= 4 is 22.8 Å². The first kappa shape index (κ1) is 19.9. The van der Waals surface area contributed by atoms with Crippen LogP contribution in [0.15, 0.2) is 16.9 Å². The van der Waals surface area contributed by atoms with E-state index in [0.29, 0.717) is 11.3 Å². The van der Waals surface area contributed by atoms with Crippen molar-refractivity contribution in [2.45, 2.75) is 50.7 Å². The normalized spacial score (nSPS) is 16.5. The van der Waals surface area contributed by atoms with Gasteiger partial charge in [-0.25, -0.2) is 4.98 Å². The molecule has 0 bridgehead atoms. The minimum atomic E-state index is -1.48. The third-order valence-corrected chi connectivity index (χ3v) is 5.02. The van der Waals surface area contributed by atoms with Crippen LogP contribution >= 0.6 is 0 Å². The van der Waals surface area contributed by atoms with E-state index in [-0.39, 0.29) is 29.2 Å². The fourth-order valence-electron chi connectivity index (χ4n) is 3.57. The summed E-state index contributed by atoms with van der Waals surface area (Å²) in [6.07, 6.45) is 4.05. The molecule has 2 heterocycles. The molecule has 1 fully saturated rings. The summed E-state index contributed by atoms with van der Waals surface area (Å²) in [4.78, 5) is 29.1. The molecule has 1 aliphatic carbocycles. The Bertz CT molecular complexity index is 1040. The van der Waals surface area contributed by atoms with Gasteiger partial charge in [-0.2, -0.15) is 0 Å². The smallest absolute Gasteiger partial charge is 0.256 e. The zero-order valence-electron chi connectivity index (χ0n) is 15.7. The van der Waals surface area contributed by atoms with E-state index in [9.17, 15) is 14.7 Å². The number of carbonyl (C=O) groups is 1. The van der Waals surface area contributed by atoms with Gasteiger partial charge in [0.15, 0.2) is 0 Å². The second-order valence-electron chi connectivity index (χ2n) is 7.35. The lowest BCUT2D eigenvalue weighted by molar-refractivity contribution is 0.0518. The lowest BCUT2D eigenvalue weighted by atomic mass is 10.1. The molecule has 2 aromatic heterocycles. The van der Waals surface area contributed by atoms with Crippen LogP contribution in [0.25, 0.3) is 11.0 Å². The summed E-state index contributed by atoms with van der Waals surface area (Å²) in [7, 11) is 0. The molecule has 148 valence electrons. The second-order valence-corrected chi connectivity index (χ2v) is 7.35. The molecule has 0 aromatic carbocycles. The van der Waals surface area contributed by atoms with Gasteiger partial charge < -0.3 is 26.2 Å². The van der Waals surface area contributed by atoms with Crippen molar-refractivity contribution in [3.05, 3.63) is 33.6 Å². The van der Waals surface area contributed by atoms with Crippen molar-refractivity contribution < 1.29 is 15.0 Å². The predicted octanol–water partition coefficient (Wildman–Crippen LogP) is 0.482. The number of nitrogens with zero attached hydrogens (tertiary/aromatic N) is 2. The molecule has 1 aliphatic rings. The van der Waals surface area contributed by atoms with Crippen LogP contribution in [-0.4, -0.2) is 37.9 Å². The lowest BCUT2D eigenvalue weighted by Gasteiger charge is -2.21. The number of primary amides is 1. The van der Waals surface area contributed by atoms with Gasteiger partial charge in [0.1, 0.15) is 22.6 Å². The summed E-state index contributed by atoms with van der Waals surface area (Å²) >= 11 is 0. The number of fused-ring (bicyclic) bond motifs is 1. The summed E-state index contributed by atoms with van der Waals surface area (Å²) < 4.78 is 1.75. The van der Waals surface area contributed by atoms with Gasteiger partial charge in [0.25, 0.3) is 5.91 Å². The molecule has 2 aromatic rings. The van der Waals surface area contributed by atoms with Crippen LogP contribution in [0, 0.1) is 11.8 Å². The average molecular weight is 384 g/mol. The van der Waals surface area contributed by atoms with Gasteiger partial charge in [-0.05, 0) is 31.9 Å². The van der Waals surface area contributed by atoms with Crippen LogP contribution in [0.4, 0.5) is 5.82 Å². The molecule has 1 amide bonds. The van der Waals surface area contributed by atoms with E-state index in [2.05, 4.69) is 16.8 Å². The van der Waals surface area contributed by atoms with Gasteiger partial charge in [0, 0.05) is 6.04 Å². The molecule has 3 rings (SSSR count). The van der Waals surface area contributed by atoms with Gasteiger partial charge in [0.05, 0.1) is 24.1 Å². The van der Waals surface area contributed by atoms with E-state index in [1.54, 1.807) is 16.7 Å². The monoisotopic (exact) mass is 384 g/mol. The van der Waals surface area contributed by atoms with Crippen molar-refractivity contribution in [1.29, 1.82) is 0 Å². The van der Waals surface area contributed by atoms with E-state index in [0.717, 1.165) is 25.7 Å². The highest BCUT2D eigenvalue weighted by atomic mass is 16.3. The molecular weight excluding hydrogens is 360 g/mol. The van der Waals surface area contributed by atoms with Crippen molar-refractivity contribution in [3.63, 3.8) is 0 Å². The largest absolute Gasteiger partial charge is 0.392 e. The summed E-state index contributed by atoms with van der Waals surface area (Å²) in [5.41, 5.74) is 10.4. The zero-order chi connectivity index (χ0) is 20.5. The first-order valence-corrected chi connectivity index (χ1v) is 9.22. The van der Waals surface area contributed by atoms with Crippen LogP contribution < -0.4 is 16.9 Å². The number of nitrogen functional groups attached to an aromatic ring is 1. The van der Waals surface area contributed by atoms with Crippen LogP contribution in [-0.2, 0) is 6.42 Å². The maximum atomic E-state index is 12.7. The standard InChI is InChI=1S/C20H24N4O4/c1-20(28,11-25)10-4-5-12-8-9-14-16(26)15(18(22)27)17(21)24(19(14)23-12)13-6-2-3-7-13/h8-9,13,25,28H,2-3,5-7,11,21H2,1H3,(H2,22,27). The van der Waals surface area contributed by atoms with Crippen LogP contribution in [0.2, 0.25) is 0 Å². The Morgan fingerprint density at radius 2 is 2.07 bits per heavy atom. The van der Waals surface area contributed by atoms with Gasteiger partial charge in [0.2, 0.25) is 5.43 Å². The molecule has 0 spiro atoms. The van der Waals surface area contributed by atoms with Crippen molar-refractivity contribution in [2.24, 2.45) is 5.73 Å². The van der Waals surface area contributed by atoms with Gasteiger partial charge >= 0.3 is 0 Å². The van der Waals surface area contributed by atoms with E-state index in [1.165, 1.54) is 6.92 Å². The maximum absolute atomic E-state index is 12.7. The quantitative estimate of drug-likeness (QED) is 0.564. The van der Waals surface area contributed by atoms with E-state index in [4.69, 9.17) is 16.6 Å². The Morgan fingerprint density at radius 3 is 2.68 bits per heavy atom. The highest BCUT2D eigenvalue weighted by Gasteiger charge is 2.26. The zero-order valence-corrected chi connectivity index (χ0v) is 15.7. The van der Waals surface area contributed by atoms with E-state index in [1.807, 2.05) is 0 Å². The number of amides is 1. The highest BCUT2D eigenvalue weighted by molar-refractivity contribution is 6.00. The molecule has 0 aliphatic heterocycles. The third kappa shape index (κ3) is 3.72.